The van der Waals surface area contributed by atoms with Gasteiger partial charge in [0.2, 0.25) is 0 Å². The number of hydrogen-bond donors (Lipinski definition) is 0. The van der Waals surface area contributed by atoms with Gasteiger partial charge in [-0.25, -0.2) is 0 Å². The molecule has 1 aromatic rings. The maximum absolute atomic E-state index is 12.9. The third-order valence-corrected chi connectivity index (χ3v) is 5.06. The van der Waals surface area contributed by atoms with Crippen LogP contribution in [-0.2, 0) is 16.0 Å². The molecule has 0 saturated heterocycles. The van der Waals surface area contributed by atoms with E-state index in [9.17, 15) is 9.59 Å². The molecular weight excluding hydrogens is 272 g/mol. The predicted octanol–water partition coefficient (Wildman–Crippen LogP) is 4.15. The Balaban J connectivity index is 2.11. The third kappa shape index (κ3) is 2.27. The fourth-order valence-electron chi connectivity index (χ4n) is 3.79. The van der Waals surface area contributed by atoms with Gasteiger partial charge in [0.1, 0.15) is 11.6 Å². The first-order valence-electron chi connectivity index (χ1n) is 7.85. The minimum Gasteiger partial charge on any atom is -0.299 e. The molecule has 0 radical (unpaired) electrons. The summed E-state index contributed by atoms with van der Waals surface area (Å²) < 4.78 is 0. The van der Waals surface area contributed by atoms with Crippen molar-refractivity contribution < 1.29 is 9.59 Å². The fraction of sp³-hybridized carbons (Fsp3) is 0.400. The van der Waals surface area contributed by atoms with Crippen LogP contribution in [0.4, 0.5) is 0 Å². The molecule has 2 aliphatic carbocycles. The summed E-state index contributed by atoms with van der Waals surface area (Å²) in [4.78, 5) is 25.8. The highest BCUT2D eigenvalue weighted by atomic mass is 16.2. The van der Waals surface area contributed by atoms with Crippen LogP contribution in [0.25, 0.3) is 5.57 Å². The molecular formula is C20H22O2. The van der Waals surface area contributed by atoms with E-state index in [1.165, 1.54) is 0 Å². The Hall–Kier alpha value is -1.96. The van der Waals surface area contributed by atoms with Crippen LogP contribution in [0, 0.1) is 10.8 Å². The van der Waals surface area contributed by atoms with Crippen LogP contribution in [0.2, 0.25) is 0 Å². The Morgan fingerprint density at radius 1 is 1.05 bits per heavy atom. The maximum atomic E-state index is 12.9. The van der Waals surface area contributed by atoms with Crippen molar-refractivity contribution in [3.8, 4) is 0 Å². The van der Waals surface area contributed by atoms with E-state index in [0.29, 0.717) is 25.7 Å². The van der Waals surface area contributed by atoms with E-state index in [-0.39, 0.29) is 17.0 Å². The molecule has 0 amide bonds. The second-order valence-corrected chi connectivity index (χ2v) is 7.35. The van der Waals surface area contributed by atoms with Crippen molar-refractivity contribution in [2.45, 2.75) is 39.5 Å². The first kappa shape index (κ1) is 15.0. The van der Waals surface area contributed by atoms with Gasteiger partial charge in [-0.2, -0.15) is 0 Å². The van der Waals surface area contributed by atoms with Crippen molar-refractivity contribution in [2.75, 3.05) is 0 Å². The topological polar surface area (TPSA) is 34.1 Å². The Morgan fingerprint density at radius 2 is 1.68 bits per heavy atom. The van der Waals surface area contributed by atoms with Crippen LogP contribution in [0.15, 0.2) is 43.0 Å². The molecule has 1 saturated carbocycles. The number of hydrogen-bond acceptors (Lipinski definition) is 2. The van der Waals surface area contributed by atoms with Gasteiger partial charge in [-0.15, -0.1) is 0 Å². The van der Waals surface area contributed by atoms with Crippen LogP contribution in [-0.4, -0.2) is 11.6 Å². The predicted molar refractivity (Wildman–Crippen MR) is 88.4 cm³/mol. The molecule has 3 rings (SSSR count). The van der Waals surface area contributed by atoms with Crippen LogP contribution >= 0.6 is 0 Å². The fourth-order valence-corrected chi connectivity index (χ4v) is 3.79. The molecule has 2 heteroatoms. The first-order chi connectivity index (χ1) is 10.4. The molecule has 0 atom stereocenters. The summed E-state index contributed by atoms with van der Waals surface area (Å²) >= 11 is 0. The molecule has 1 aromatic carbocycles. The van der Waals surface area contributed by atoms with Crippen molar-refractivity contribution >= 4 is 17.1 Å². The zero-order valence-electron chi connectivity index (χ0n) is 13.3. The second-order valence-electron chi connectivity index (χ2n) is 7.35. The van der Waals surface area contributed by atoms with Gasteiger partial charge in [-0.1, -0.05) is 56.8 Å². The minimum atomic E-state index is -0.865. The first-order valence-corrected chi connectivity index (χ1v) is 7.85. The molecule has 2 aliphatic rings. The number of Topliss-reactive ketones (excluding diaryl/α,β-unsaturated/α-hetero) is 2. The molecule has 22 heavy (non-hydrogen) atoms. The number of allylic oxidation sites excluding steroid dienone is 3. The molecule has 0 heterocycles. The number of ketones is 2. The zero-order valence-corrected chi connectivity index (χ0v) is 13.3. The normalized spacial score (nSPS) is 22.7. The Morgan fingerprint density at radius 3 is 2.32 bits per heavy atom. The lowest BCUT2D eigenvalue weighted by Crippen LogP contribution is -2.48. The molecule has 0 aromatic heterocycles. The molecule has 0 unspecified atom stereocenters. The largest absolute Gasteiger partial charge is 0.299 e. The maximum Gasteiger partial charge on any atom is 0.147 e. The summed E-state index contributed by atoms with van der Waals surface area (Å²) in [7, 11) is 0. The lowest BCUT2D eigenvalue weighted by atomic mass is 9.60. The van der Waals surface area contributed by atoms with Gasteiger partial charge in [0, 0.05) is 12.8 Å². The number of fused-ring (bicyclic) bond motifs is 1. The van der Waals surface area contributed by atoms with Gasteiger partial charge in [-0.3, -0.25) is 9.59 Å². The van der Waals surface area contributed by atoms with Gasteiger partial charge in [-0.05, 0) is 35.0 Å². The van der Waals surface area contributed by atoms with Gasteiger partial charge >= 0.3 is 0 Å². The van der Waals surface area contributed by atoms with Crippen molar-refractivity contribution in [1.82, 2.24) is 0 Å². The van der Waals surface area contributed by atoms with Crippen LogP contribution in [0.1, 0.15) is 44.2 Å². The van der Waals surface area contributed by atoms with Crippen molar-refractivity contribution in [2.24, 2.45) is 10.8 Å². The average molecular weight is 294 g/mol. The van der Waals surface area contributed by atoms with E-state index in [1.807, 2.05) is 50.3 Å². The Labute approximate surface area is 131 Å². The standard InChI is InChI=1S/C20H22O2/c1-4-14-9-10-20(11-15-7-5-6-8-16(14)15)17(21)12-19(2,3)13-18(20)22/h4-9H,1,10-13H2,2-3H3. The van der Waals surface area contributed by atoms with E-state index in [0.717, 1.165) is 16.7 Å². The second kappa shape index (κ2) is 5.05. The highest BCUT2D eigenvalue weighted by molar-refractivity contribution is 6.10. The average Bonchev–Trinajstić information content (AvgIpc) is 2.62. The van der Waals surface area contributed by atoms with E-state index in [4.69, 9.17) is 0 Å². The Kier molecular flexibility index (Phi) is 3.43. The SMILES string of the molecule is C=CC1=CCC2(Cc3ccccc31)C(=O)CC(C)(C)CC2=O. The van der Waals surface area contributed by atoms with E-state index in [1.54, 1.807) is 0 Å². The number of rotatable bonds is 1. The van der Waals surface area contributed by atoms with Crippen molar-refractivity contribution in [3.63, 3.8) is 0 Å². The lowest BCUT2D eigenvalue weighted by molar-refractivity contribution is -0.148. The van der Waals surface area contributed by atoms with Gasteiger partial charge < -0.3 is 0 Å². The summed E-state index contributed by atoms with van der Waals surface area (Å²) in [6.45, 7) is 7.89. The summed E-state index contributed by atoms with van der Waals surface area (Å²) in [5.41, 5.74) is 2.12. The van der Waals surface area contributed by atoms with Crippen LogP contribution < -0.4 is 0 Å². The van der Waals surface area contributed by atoms with Gasteiger partial charge in [0.05, 0.1) is 5.41 Å². The summed E-state index contributed by atoms with van der Waals surface area (Å²) in [5.74, 6) is 0.204. The molecule has 0 aliphatic heterocycles. The quantitative estimate of drug-likeness (QED) is 0.729. The van der Waals surface area contributed by atoms with Gasteiger partial charge in [0.15, 0.2) is 0 Å². The zero-order chi connectivity index (χ0) is 16.0. The van der Waals surface area contributed by atoms with Crippen molar-refractivity contribution in [3.05, 3.63) is 54.1 Å². The number of carbonyl (C=O) groups is 2. The molecule has 114 valence electrons. The lowest BCUT2D eigenvalue weighted by Gasteiger charge is -2.40. The summed E-state index contributed by atoms with van der Waals surface area (Å²) in [6.07, 6.45) is 5.82. The monoisotopic (exact) mass is 294 g/mol. The highest BCUT2D eigenvalue weighted by Gasteiger charge is 2.51. The smallest absolute Gasteiger partial charge is 0.147 e. The highest BCUT2D eigenvalue weighted by Crippen LogP contribution is 2.46. The summed E-state index contributed by atoms with van der Waals surface area (Å²) in [5, 5.41) is 0. The van der Waals surface area contributed by atoms with Crippen molar-refractivity contribution in [1.29, 1.82) is 0 Å². The molecule has 0 bridgehead atoms. The summed E-state index contributed by atoms with van der Waals surface area (Å²) in [6, 6.07) is 8.03. The third-order valence-electron chi connectivity index (χ3n) is 5.06. The Bertz CT molecular complexity index is 671. The van der Waals surface area contributed by atoms with Crippen LogP contribution in [0.5, 0.6) is 0 Å². The van der Waals surface area contributed by atoms with E-state index >= 15 is 0 Å². The minimum absolute atomic E-state index is 0.102. The molecule has 0 N–H and O–H groups in total. The number of carbonyl (C=O) groups excluding carboxylic acids is 2. The molecule has 2 nitrogen and oxygen atoms in total. The van der Waals surface area contributed by atoms with E-state index < -0.39 is 5.41 Å². The van der Waals surface area contributed by atoms with Crippen LogP contribution in [0.3, 0.4) is 0 Å². The van der Waals surface area contributed by atoms with Gasteiger partial charge in [0.25, 0.3) is 0 Å². The van der Waals surface area contributed by atoms with E-state index in [2.05, 4.69) is 6.58 Å². The number of benzene rings is 1. The molecule has 1 fully saturated rings. The molecule has 1 spiro atoms.